The molecular formula is C9H9BFN3O2. The van der Waals surface area contributed by atoms with E-state index in [1.54, 1.807) is 10.8 Å². The minimum Gasteiger partial charge on any atom is -0.423 e. The Hall–Kier alpha value is -1.73. The number of aryl methyl sites for hydroxylation is 1. The number of pyridine rings is 1. The first-order valence-corrected chi connectivity index (χ1v) is 4.60. The van der Waals surface area contributed by atoms with Crippen LogP contribution in [0.3, 0.4) is 0 Å². The van der Waals surface area contributed by atoms with Crippen molar-refractivity contribution in [3.05, 3.63) is 36.3 Å². The molecule has 0 fully saturated rings. The van der Waals surface area contributed by atoms with Crippen LogP contribution in [0, 0.1) is 12.7 Å². The number of aromatic nitrogens is 3. The molecule has 0 aliphatic carbocycles. The SMILES string of the molecule is Cc1cn(-c2cc(B(O)O)c(F)cn2)cn1. The van der Waals surface area contributed by atoms with Crippen LogP contribution in [-0.2, 0) is 0 Å². The van der Waals surface area contributed by atoms with Crippen molar-refractivity contribution in [3.8, 4) is 5.82 Å². The number of hydrogen-bond donors (Lipinski definition) is 2. The van der Waals surface area contributed by atoms with Gasteiger partial charge < -0.3 is 10.0 Å². The molecule has 0 saturated carbocycles. The Bertz CT molecular complexity index is 515. The highest BCUT2D eigenvalue weighted by molar-refractivity contribution is 6.58. The maximum atomic E-state index is 13.1. The maximum absolute atomic E-state index is 13.1. The molecule has 0 aliphatic rings. The third-order valence-corrected chi connectivity index (χ3v) is 2.12. The van der Waals surface area contributed by atoms with E-state index in [1.807, 2.05) is 6.92 Å². The summed E-state index contributed by atoms with van der Waals surface area (Å²) in [4.78, 5) is 7.82. The van der Waals surface area contributed by atoms with Crippen molar-refractivity contribution >= 4 is 12.6 Å². The van der Waals surface area contributed by atoms with Gasteiger partial charge in [0.05, 0.1) is 11.9 Å². The predicted octanol–water partition coefficient (Wildman–Crippen LogP) is -0.605. The van der Waals surface area contributed by atoms with Crippen molar-refractivity contribution in [3.63, 3.8) is 0 Å². The zero-order valence-electron chi connectivity index (χ0n) is 8.50. The van der Waals surface area contributed by atoms with Crippen molar-refractivity contribution in [1.29, 1.82) is 0 Å². The summed E-state index contributed by atoms with van der Waals surface area (Å²) < 4.78 is 14.7. The van der Waals surface area contributed by atoms with Crippen LogP contribution in [0.2, 0.25) is 0 Å². The lowest BCUT2D eigenvalue weighted by Crippen LogP contribution is -2.33. The smallest absolute Gasteiger partial charge is 0.423 e. The Morgan fingerprint density at radius 2 is 2.12 bits per heavy atom. The summed E-state index contributed by atoms with van der Waals surface area (Å²) in [6, 6.07) is 1.26. The zero-order chi connectivity index (χ0) is 11.7. The van der Waals surface area contributed by atoms with E-state index in [0.717, 1.165) is 11.9 Å². The summed E-state index contributed by atoms with van der Waals surface area (Å²) in [6.45, 7) is 1.81. The predicted molar refractivity (Wildman–Crippen MR) is 55.9 cm³/mol. The van der Waals surface area contributed by atoms with Gasteiger partial charge >= 0.3 is 7.12 Å². The third-order valence-electron chi connectivity index (χ3n) is 2.12. The van der Waals surface area contributed by atoms with Gasteiger partial charge in [-0.05, 0) is 13.0 Å². The molecule has 0 aliphatic heterocycles. The minimum absolute atomic E-state index is 0.212. The summed E-state index contributed by atoms with van der Waals surface area (Å²) in [6.07, 6.45) is 4.16. The van der Waals surface area contributed by atoms with E-state index in [2.05, 4.69) is 9.97 Å². The van der Waals surface area contributed by atoms with E-state index < -0.39 is 12.9 Å². The Morgan fingerprint density at radius 3 is 2.69 bits per heavy atom. The van der Waals surface area contributed by atoms with Gasteiger partial charge in [0, 0.05) is 11.7 Å². The van der Waals surface area contributed by atoms with Crippen LogP contribution in [0.4, 0.5) is 4.39 Å². The molecule has 0 unspecified atom stereocenters. The van der Waals surface area contributed by atoms with Gasteiger partial charge in [-0.3, -0.25) is 4.57 Å². The second kappa shape index (κ2) is 4.03. The van der Waals surface area contributed by atoms with Crippen LogP contribution in [0.15, 0.2) is 24.8 Å². The molecule has 0 spiro atoms. The molecule has 2 aromatic heterocycles. The summed E-state index contributed by atoms with van der Waals surface area (Å²) in [5.41, 5.74) is 0.577. The van der Waals surface area contributed by atoms with Crippen LogP contribution < -0.4 is 5.46 Å². The molecule has 2 heterocycles. The number of rotatable bonds is 2. The van der Waals surface area contributed by atoms with Gasteiger partial charge in [0.2, 0.25) is 0 Å². The van der Waals surface area contributed by atoms with E-state index in [4.69, 9.17) is 10.0 Å². The molecule has 2 rings (SSSR count). The van der Waals surface area contributed by atoms with Crippen LogP contribution in [-0.4, -0.2) is 31.7 Å². The van der Waals surface area contributed by atoms with Gasteiger partial charge in [-0.1, -0.05) is 0 Å². The highest BCUT2D eigenvalue weighted by Gasteiger charge is 2.18. The largest absolute Gasteiger partial charge is 0.491 e. The monoisotopic (exact) mass is 221 g/mol. The molecule has 82 valence electrons. The lowest BCUT2D eigenvalue weighted by atomic mass is 9.80. The fourth-order valence-corrected chi connectivity index (χ4v) is 1.33. The lowest BCUT2D eigenvalue weighted by Gasteiger charge is -2.05. The normalized spacial score (nSPS) is 10.5. The number of halogens is 1. The van der Waals surface area contributed by atoms with Crippen LogP contribution in [0.1, 0.15) is 5.69 Å². The average molecular weight is 221 g/mol. The van der Waals surface area contributed by atoms with Crippen LogP contribution in [0.25, 0.3) is 5.82 Å². The van der Waals surface area contributed by atoms with E-state index in [-0.39, 0.29) is 5.46 Å². The molecule has 0 aromatic carbocycles. The highest BCUT2D eigenvalue weighted by atomic mass is 19.1. The highest BCUT2D eigenvalue weighted by Crippen LogP contribution is 2.05. The average Bonchev–Trinajstić information content (AvgIpc) is 2.65. The molecule has 2 aromatic rings. The molecule has 7 heteroatoms. The number of hydrogen-bond acceptors (Lipinski definition) is 4. The molecular weight excluding hydrogens is 212 g/mol. The standard InChI is InChI=1S/C9H9BFN3O2/c1-6-4-14(5-13-6)9-2-7(10(15)16)8(11)3-12-9/h2-5,15-16H,1H3. The molecule has 5 nitrogen and oxygen atoms in total. The molecule has 0 saturated heterocycles. The van der Waals surface area contributed by atoms with Crippen molar-refractivity contribution < 1.29 is 14.4 Å². The van der Waals surface area contributed by atoms with Gasteiger partial charge in [0.1, 0.15) is 18.0 Å². The first-order chi connectivity index (χ1) is 7.58. The van der Waals surface area contributed by atoms with Crippen molar-refractivity contribution in [2.75, 3.05) is 0 Å². The quantitative estimate of drug-likeness (QED) is 0.664. The molecule has 2 N–H and O–H groups in total. The van der Waals surface area contributed by atoms with Crippen molar-refractivity contribution in [1.82, 2.24) is 14.5 Å². The first-order valence-electron chi connectivity index (χ1n) is 4.60. The van der Waals surface area contributed by atoms with Gasteiger partial charge in [0.15, 0.2) is 0 Å². The van der Waals surface area contributed by atoms with Crippen LogP contribution in [0.5, 0.6) is 0 Å². The van der Waals surface area contributed by atoms with Crippen molar-refractivity contribution in [2.45, 2.75) is 6.92 Å². The van der Waals surface area contributed by atoms with Gasteiger partial charge in [-0.2, -0.15) is 0 Å². The summed E-state index contributed by atoms with van der Waals surface area (Å²) in [7, 11) is -1.86. The Morgan fingerprint density at radius 1 is 1.38 bits per heavy atom. The summed E-state index contributed by atoms with van der Waals surface area (Å²) in [5.74, 6) is -0.374. The van der Waals surface area contributed by atoms with Crippen molar-refractivity contribution in [2.24, 2.45) is 0 Å². The fourth-order valence-electron chi connectivity index (χ4n) is 1.33. The third kappa shape index (κ3) is 1.95. The molecule has 16 heavy (non-hydrogen) atoms. The number of imidazole rings is 1. The second-order valence-corrected chi connectivity index (χ2v) is 3.36. The number of nitrogens with zero attached hydrogens (tertiary/aromatic N) is 3. The van der Waals surface area contributed by atoms with Crippen LogP contribution >= 0.6 is 0 Å². The molecule has 0 radical (unpaired) electrons. The zero-order valence-corrected chi connectivity index (χ0v) is 8.50. The second-order valence-electron chi connectivity index (χ2n) is 3.36. The van der Waals surface area contributed by atoms with Gasteiger partial charge in [-0.15, -0.1) is 0 Å². The van der Waals surface area contributed by atoms with E-state index in [9.17, 15) is 4.39 Å². The van der Waals surface area contributed by atoms with E-state index in [1.165, 1.54) is 12.4 Å². The molecule has 0 bridgehead atoms. The Labute approximate surface area is 91.4 Å². The fraction of sp³-hybridized carbons (Fsp3) is 0.111. The molecule has 0 atom stereocenters. The van der Waals surface area contributed by atoms with E-state index >= 15 is 0 Å². The maximum Gasteiger partial charge on any atom is 0.491 e. The van der Waals surface area contributed by atoms with Gasteiger partial charge in [-0.25, -0.2) is 14.4 Å². The minimum atomic E-state index is -1.86. The van der Waals surface area contributed by atoms with Gasteiger partial charge in [0.25, 0.3) is 0 Å². The van der Waals surface area contributed by atoms with E-state index in [0.29, 0.717) is 5.82 Å². The topological polar surface area (TPSA) is 71.2 Å². The molecule has 0 amide bonds. The Balaban J connectivity index is 2.47. The first kappa shape index (κ1) is 10.8. The lowest BCUT2D eigenvalue weighted by molar-refractivity contribution is 0.423. The summed E-state index contributed by atoms with van der Waals surface area (Å²) >= 11 is 0. The Kier molecular flexibility index (Phi) is 2.72. The summed E-state index contributed by atoms with van der Waals surface area (Å²) in [5, 5.41) is 17.9.